The van der Waals surface area contributed by atoms with E-state index in [2.05, 4.69) is 0 Å². The highest BCUT2D eigenvalue weighted by atomic mass is 35.5. The average Bonchev–Trinajstić information content (AvgIpc) is 2.33. The highest BCUT2D eigenvalue weighted by Crippen LogP contribution is 2.34. The molecule has 0 nitrogen and oxygen atoms in total. The largest absolute Gasteiger partial charge is 0.205 e. The van der Waals surface area contributed by atoms with Crippen molar-refractivity contribution in [1.29, 1.82) is 0 Å². The van der Waals surface area contributed by atoms with E-state index in [4.69, 9.17) is 23.2 Å². The van der Waals surface area contributed by atoms with Crippen molar-refractivity contribution in [3.05, 3.63) is 70.0 Å². The van der Waals surface area contributed by atoms with Crippen LogP contribution in [0.1, 0.15) is 22.1 Å². The average molecular weight is 269 g/mol. The van der Waals surface area contributed by atoms with E-state index in [1.807, 2.05) is 31.2 Å². The van der Waals surface area contributed by atoms with Crippen LogP contribution in [0.15, 0.2) is 42.5 Å². The molecule has 0 aliphatic rings. The minimum Gasteiger partial charge on any atom is -0.205 e. The lowest BCUT2D eigenvalue weighted by molar-refractivity contribution is 0.626. The van der Waals surface area contributed by atoms with Gasteiger partial charge in [-0.25, -0.2) is 4.39 Å². The third kappa shape index (κ3) is 2.62. The molecule has 17 heavy (non-hydrogen) atoms. The van der Waals surface area contributed by atoms with Crippen LogP contribution in [-0.2, 0) is 0 Å². The molecule has 0 spiro atoms. The summed E-state index contributed by atoms with van der Waals surface area (Å²) in [5.74, 6) is -0.443. The Balaban J connectivity index is 2.40. The maximum atomic E-state index is 13.3. The Morgan fingerprint density at radius 2 is 1.71 bits per heavy atom. The molecule has 0 bridgehead atoms. The topological polar surface area (TPSA) is 0 Å². The van der Waals surface area contributed by atoms with Gasteiger partial charge < -0.3 is 0 Å². The lowest BCUT2D eigenvalue weighted by Crippen LogP contribution is -1.96. The van der Waals surface area contributed by atoms with Crippen molar-refractivity contribution in [2.75, 3.05) is 0 Å². The van der Waals surface area contributed by atoms with Crippen LogP contribution in [0.5, 0.6) is 0 Å². The van der Waals surface area contributed by atoms with Crippen LogP contribution >= 0.6 is 23.2 Å². The molecule has 1 atom stereocenters. The summed E-state index contributed by atoms with van der Waals surface area (Å²) in [6.07, 6.45) is 0. The lowest BCUT2D eigenvalue weighted by Gasteiger charge is -2.12. The normalized spacial score (nSPS) is 12.5. The maximum absolute atomic E-state index is 13.3. The highest BCUT2D eigenvalue weighted by Gasteiger charge is 2.16. The molecular weight excluding hydrogens is 258 g/mol. The van der Waals surface area contributed by atoms with Crippen molar-refractivity contribution in [2.45, 2.75) is 12.3 Å². The molecule has 0 radical (unpaired) electrons. The van der Waals surface area contributed by atoms with Gasteiger partial charge in [0.1, 0.15) is 5.82 Å². The maximum Gasteiger partial charge on any atom is 0.142 e. The Hall–Kier alpha value is -1.05. The van der Waals surface area contributed by atoms with Crippen LogP contribution in [0.4, 0.5) is 4.39 Å². The van der Waals surface area contributed by atoms with Crippen molar-refractivity contribution >= 4 is 23.2 Å². The molecule has 0 aliphatic carbocycles. The number of hydrogen-bond donors (Lipinski definition) is 0. The first-order valence-electron chi connectivity index (χ1n) is 5.24. The molecule has 1 unspecified atom stereocenters. The third-order valence-corrected chi connectivity index (χ3v) is 3.51. The summed E-state index contributed by atoms with van der Waals surface area (Å²) >= 11 is 12.2. The SMILES string of the molecule is Cc1ccc(C(Cl)c2cccc(F)c2Cl)cc1. The first kappa shape index (κ1) is 12.4. The molecule has 0 aliphatic heterocycles. The second kappa shape index (κ2) is 5.07. The minimum absolute atomic E-state index is 0.0908. The van der Waals surface area contributed by atoms with Crippen LogP contribution in [-0.4, -0.2) is 0 Å². The molecule has 0 saturated carbocycles. The quantitative estimate of drug-likeness (QED) is 0.664. The number of aryl methyl sites for hydroxylation is 1. The van der Waals surface area contributed by atoms with E-state index in [-0.39, 0.29) is 5.02 Å². The summed E-state index contributed by atoms with van der Waals surface area (Å²) in [7, 11) is 0. The molecule has 3 heteroatoms. The minimum atomic E-state index is -0.443. The second-order valence-electron chi connectivity index (χ2n) is 3.92. The summed E-state index contributed by atoms with van der Waals surface area (Å²) in [6, 6.07) is 12.5. The van der Waals surface area contributed by atoms with Crippen LogP contribution in [0.25, 0.3) is 0 Å². The zero-order valence-corrected chi connectivity index (χ0v) is 10.8. The molecule has 0 N–H and O–H groups in total. The fourth-order valence-electron chi connectivity index (χ4n) is 1.63. The van der Waals surface area contributed by atoms with Gasteiger partial charge in [0.2, 0.25) is 0 Å². The van der Waals surface area contributed by atoms with Gasteiger partial charge in [0.25, 0.3) is 0 Å². The van der Waals surface area contributed by atoms with Gasteiger partial charge in [-0.2, -0.15) is 0 Å². The van der Waals surface area contributed by atoms with E-state index < -0.39 is 11.2 Å². The number of halogens is 3. The van der Waals surface area contributed by atoms with Crippen molar-refractivity contribution in [1.82, 2.24) is 0 Å². The Bertz CT molecular complexity index is 520. The van der Waals surface area contributed by atoms with Gasteiger partial charge in [-0.1, -0.05) is 53.6 Å². The van der Waals surface area contributed by atoms with Crippen LogP contribution in [0.2, 0.25) is 5.02 Å². The Morgan fingerprint density at radius 1 is 1.06 bits per heavy atom. The van der Waals surface area contributed by atoms with E-state index >= 15 is 0 Å². The molecule has 0 amide bonds. The Labute approximate surface area is 110 Å². The zero-order valence-electron chi connectivity index (χ0n) is 9.25. The fraction of sp³-hybridized carbons (Fsp3) is 0.143. The van der Waals surface area contributed by atoms with Crippen LogP contribution < -0.4 is 0 Å². The highest BCUT2D eigenvalue weighted by molar-refractivity contribution is 6.33. The standard InChI is InChI=1S/C14H11Cl2F/c1-9-5-7-10(8-6-9)13(15)11-3-2-4-12(17)14(11)16/h2-8,13H,1H3. The van der Waals surface area contributed by atoms with Crippen molar-refractivity contribution in [2.24, 2.45) is 0 Å². The van der Waals surface area contributed by atoms with Gasteiger partial charge in [0, 0.05) is 0 Å². The smallest absolute Gasteiger partial charge is 0.142 e. The number of hydrogen-bond acceptors (Lipinski definition) is 0. The van der Waals surface area contributed by atoms with Gasteiger partial charge in [0.15, 0.2) is 0 Å². The van der Waals surface area contributed by atoms with Gasteiger partial charge in [-0.3, -0.25) is 0 Å². The molecule has 2 aromatic rings. The van der Waals surface area contributed by atoms with Crippen molar-refractivity contribution in [3.63, 3.8) is 0 Å². The molecular formula is C14H11Cl2F. The first-order chi connectivity index (χ1) is 8.09. The summed E-state index contributed by atoms with van der Waals surface area (Å²) in [6.45, 7) is 2.00. The number of rotatable bonds is 2. The summed E-state index contributed by atoms with van der Waals surface area (Å²) in [5, 5.41) is -0.341. The predicted molar refractivity (Wildman–Crippen MR) is 70.3 cm³/mol. The predicted octanol–water partition coefficient (Wildman–Crippen LogP) is 5.12. The molecule has 0 fully saturated rings. The van der Waals surface area contributed by atoms with Crippen LogP contribution in [0, 0.1) is 12.7 Å². The van der Waals surface area contributed by atoms with E-state index in [9.17, 15) is 4.39 Å². The lowest BCUT2D eigenvalue weighted by atomic mass is 10.0. The molecule has 2 aromatic carbocycles. The van der Waals surface area contributed by atoms with Gasteiger partial charge in [-0.05, 0) is 24.1 Å². The molecule has 0 aromatic heterocycles. The molecule has 0 heterocycles. The Kier molecular flexibility index (Phi) is 3.70. The summed E-state index contributed by atoms with van der Waals surface area (Å²) < 4.78 is 13.3. The Morgan fingerprint density at radius 3 is 2.35 bits per heavy atom. The van der Waals surface area contributed by atoms with Gasteiger partial charge in [0.05, 0.1) is 10.4 Å². The molecule has 88 valence electrons. The van der Waals surface area contributed by atoms with E-state index in [1.165, 1.54) is 6.07 Å². The van der Waals surface area contributed by atoms with Crippen molar-refractivity contribution in [3.8, 4) is 0 Å². The van der Waals surface area contributed by atoms with E-state index in [1.54, 1.807) is 12.1 Å². The fourth-order valence-corrected chi connectivity index (χ4v) is 2.25. The molecule has 2 rings (SSSR count). The molecule has 0 saturated heterocycles. The summed E-state index contributed by atoms with van der Waals surface area (Å²) in [5.41, 5.74) is 2.66. The van der Waals surface area contributed by atoms with Gasteiger partial charge >= 0.3 is 0 Å². The first-order valence-corrected chi connectivity index (χ1v) is 6.05. The monoisotopic (exact) mass is 268 g/mol. The zero-order chi connectivity index (χ0) is 12.4. The second-order valence-corrected chi connectivity index (χ2v) is 4.73. The summed E-state index contributed by atoms with van der Waals surface area (Å²) in [4.78, 5) is 0. The van der Waals surface area contributed by atoms with E-state index in [0.29, 0.717) is 5.56 Å². The van der Waals surface area contributed by atoms with Gasteiger partial charge in [-0.15, -0.1) is 11.6 Å². The number of alkyl halides is 1. The van der Waals surface area contributed by atoms with Crippen molar-refractivity contribution < 1.29 is 4.39 Å². The third-order valence-electron chi connectivity index (χ3n) is 2.62. The van der Waals surface area contributed by atoms with Crippen LogP contribution in [0.3, 0.4) is 0 Å². The number of benzene rings is 2. The van der Waals surface area contributed by atoms with E-state index in [0.717, 1.165) is 11.1 Å².